The number of benzene rings is 2. The number of rotatable bonds is 7. The Hall–Kier alpha value is -2.42. The van der Waals surface area contributed by atoms with Crippen molar-refractivity contribution >= 4 is 33.7 Å². The van der Waals surface area contributed by atoms with E-state index in [1.54, 1.807) is 0 Å². The van der Waals surface area contributed by atoms with E-state index in [-0.39, 0.29) is 9.92 Å². The molecule has 0 aliphatic rings. The molecule has 27 heavy (non-hydrogen) atoms. The Bertz CT molecular complexity index is 961. The highest BCUT2D eigenvalue weighted by Gasteiger charge is 2.23. The molecule has 9 heteroatoms. The number of aryl methyl sites for hydroxylation is 1. The third-order valence-corrected chi connectivity index (χ3v) is 5.74. The van der Waals surface area contributed by atoms with Gasteiger partial charge in [-0.1, -0.05) is 41.4 Å². The molecule has 2 aromatic carbocycles. The molecule has 2 rings (SSSR count). The number of nitrogens with one attached hydrogen (secondary N) is 1. The number of sulfonamides is 1. The van der Waals surface area contributed by atoms with E-state index in [4.69, 9.17) is 16.3 Å². The average Bonchev–Trinajstić information content (AvgIpc) is 2.61. The van der Waals surface area contributed by atoms with E-state index in [0.717, 1.165) is 15.4 Å². The van der Waals surface area contributed by atoms with Gasteiger partial charge in [-0.25, -0.2) is 13.8 Å². The van der Waals surface area contributed by atoms with Crippen LogP contribution in [0.4, 0.5) is 0 Å². The second kappa shape index (κ2) is 8.98. The number of ether oxygens (including phenoxy) is 1. The minimum atomic E-state index is -3.88. The molecule has 1 amide bonds. The SMILES string of the molecule is COc1ccc(S(=O)(=O)N(C)CC(=O)N/N=C/c2cccc(C)c2)cc1Cl. The molecular formula is C18H20ClN3O4S. The number of methoxy groups -OCH3 is 1. The maximum Gasteiger partial charge on any atom is 0.255 e. The zero-order valence-electron chi connectivity index (χ0n) is 15.1. The van der Waals surface area contributed by atoms with Gasteiger partial charge in [0, 0.05) is 7.05 Å². The van der Waals surface area contributed by atoms with Crippen LogP contribution in [0.25, 0.3) is 0 Å². The first-order valence-electron chi connectivity index (χ1n) is 7.92. The topological polar surface area (TPSA) is 88.1 Å². The van der Waals surface area contributed by atoms with Crippen molar-refractivity contribution in [1.29, 1.82) is 0 Å². The van der Waals surface area contributed by atoms with Crippen LogP contribution < -0.4 is 10.2 Å². The summed E-state index contributed by atoms with van der Waals surface area (Å²) in [5.41, 5.74) is 4.20. The molecule has 0 fully saturated rings. The van der Waals surface area contributed by atoms with E-state index in [0.29, 0.717) is 5.75 Å². The van der Waals surface area contributed by atoms with Crippen LogP contribution in [0.3, 0.4) is 0 Å². The molecule has 7 nitrogen and oxygen atoms in total. The molecule has 0 spiro atoms. The molecule has 0 radical (unpaired) electrons. The van der Waals surface area contributed by atoms with Gasteiger partial charge in [0.05, 0.1) is 29.8 Å². The van der Waals surface area contributed by atoms with Gasteiger partial charge in [0.15, 0.2) is 0 Å². The molecule has 0 aliphatic carbocycles. The first-order chi connectivity index (χ1) is 12.7. The smallest absolute Gasteiger partial charge is 0.255 e. The fourth-order valence-corrected chi connectivity index (χ4v) is 3.72. The third kappa shape index (κ3) is 5.53. The summed E-state index contributed by atoms with van der Waals surface area (Å²) < 4.78 is 31.0. The predicted molar refractivity (Wildman–Crippen MR) is 105 cm³/mol. The number of hydrazone groups is 1. The van der Waals surface area contributed by atoms with E-state index >= 15 is 0 Å². The summed E-state index contributed by atoms with van der Waals surface area (Å²) >= 11 is 5.98. The number of nitrogens with zero attached hydrogens (tertiary/aromatic N) is 2. The van der Waals surface area contributed by atoms with E-state index in [1.807, 2.05) is 31.2 Å². The second-order valence-corrected chi connectivity index (χ2v) is 8.22. The van der Waals surface area contributed by atoms with Crippen LogP contribution in [0.2, 0.25) is 5.02 Å². The lowest BCUT2D eigenvalue weighted by atomic mass is 10.2. The minimum absolute atomic E-state index is 0.0353. The zero-order chi connectivity index (χ0) is 20.0. The standard InChI is InChI=1S/C18H20ClN3O4S/c1-13-5-4-6-14(9-13)11-20-21-18(23)12-22(2)27(24,25)15-7-8-17(26-3)16(19)10-15/h4-11H,12H2,1-3H3,(H,21,23)/b20-11+. The van der Waals surface area contributed by atoms with E-state index in [9.17, 15) is 13.2 Å². The molecule has 0 aliphatic heterocycles. The first kappa shape index (κ1) is 20.9. The van der Waals surface area contributed by atoms with Crippen molar-refractivity contribution in [1.82, 2.24) is 9.73 Å². The third-order valence-electron chi connectivity index (χ3n) is 3.64. The number of likely N-dealkylation sites (N-methyl/N-ethyl adjacent to an activating group) is 1. The van der Waals surface area contributed by atoms with Crippen molar-refractivity contribution in [2.75, 3.05) is 20.7 Å². The van der Waals surface area contributed by atoms with Crippen molar-refractivity contribution in [2.24, 2.45) is 5.10 Å². The summed E-state index contributed by atoms with van der Waals surface area (Å²) in [5, 5.41) is 4.01. The number of amides is 1. The molecule has 0 unspecified atom stereocenters. The number of carbonyl (C=O) groups is 1. The van der Waals surface area contributed by atoms with Gasteiger partial charge in [0.25, 0.3) is 5.91 Å². The van der Waals surface area contributed by atoms with E-state index in [1.165, 1.54) is 38.6 Å². The van der Waals surface area contributed by atoms with Crippen molar-refractivity contribution in [3.63, 3.8) is 0 Å². The predicted octanol–water partition coefficient (Wildman–Crippen LogP) is 2.43. The van der Waals surface area contributed by atoms with Gasteiger partial charge in [0.1, 0.15) is 5.75 Å². The van der Waals surface area contributed by atoms with Gasteiger partial charge in [-0.2, -0.15) is 9.41 Å². The number of hydrogen-bond donors (Lipinski definition) is 1. The van der Waals surface area contributed by atoms with Gasteiger partial charge in [-0.05, 0) is 30.7 Å². The Morgan fingerprint density at radius 3 is 2.67 bits per heavy atom. The lowest BCUT2D eigenvalue weighted by Gasteiger charge is -2.16. The highest BCUT2D eigenvalue weighted by molar-refractivity contribution is 7.89. The Labute approximate surface area is 163 Å². The maximum absolute atomic E-state index is 12.6. The highest BCUT2D eigenvalue weighted by atomic mass is 35.5. The molecule has 0 heterocycles. The summed E-state index contributed by atoms with van der Waals surface area (Å²) in [6.07, 6.45) is 1.49. The summed E-state index contributed by atoms with van der Waals surface area (Å²) in [6, 6.07) is 11.7. The van der Waals surface area contributed by atoms with Gasteiger partial charge < -0.3 is 4.74 Å². The maximum atomic E-state index is 12.6. The van der Waals surface area contributed by atoms with Crippen LogP contribution >= 0.6 is 11.6 Å². The van der Waals surface area contributed by atoms with Crippen LogP contribution in [0, 0.1) is 6.92 Å². The van der Waals surface area contributed by atoms with Crippen LogP contribution in [-0.4, -0.2) is 45.5 Å². The van der Waals surface area contributed by atoms with Crippen molar-refractivity contribution in [2.45, 2.75) is 11.8 Å². The summed E-state index contributed by atoms with van der Waals surface area (Å²) in [4.78, 5) is 11.9. The van der Waals surface area contributed by atoms with Crippen molar-refractivity contribution < 1.29 is 17.9 Å². The zero-order valence-corrected chi connectivity index (χ0v) is 16.7. The quantitative estimate of drug-likeness (QED) is 0.562. The molecule has 0 saturated carbocycles. The van der Waals surface area contributed by atoms with Crippen LogP contribution in [0.1, 0.15) is 11.1 Å². The second-order valence-electron chi connectivity index (χ2n) is 5.76. The Kier molecular flexibility index (Phi) is 6.95. The summed E-state index contributed by atoms with van der Waals surface area (Å²) in [7, 11) is -1.15. The molecule has 0 atom stereocenters. The monoisotopic (exact) mass is 409 g/mol. The lowest BCUT2D eigenvalue weighted by molar-refractivity contribution is -0.121. The molecule has 0 bridgehead atoms. The van der Waals surface area contributed by atoms with Gasteiger partial charge in [-0.3, -0.25) is 4.79 Å². The van der Waals surface area contributed by atoms with Crippen molar-refractivity contribution in [3.8, 4) is 5.75 Å². The highest BCUT2D eigenvalue weighted by Crippen LogP contribution is 2.27. The van der Waals surface area contributed by atoms with Crippen LogP contribution in [0.5, 0.6) is 5.75 Å². The van der Waals surface area contributed by atoms with Crippen LogP contribution in [-0.2, 0) is 14.8 Å². The molecule has 2 aromatic rings. The first-order valence-corrected chi connectivity index (χ1v) is 9.74. The minimum Gasteiger partial charge on any atom is -0.495 e. The van der Waals surface area contributed by atoms with E-state index in [2.05, 4.69) is 10.5 Å². The molecule has 144 valence electrons. The van der Waals surface area contributed by atoms with Gasteiger partial charge in [0.2, 0.25) is 10.0 Å². The van der Waals surface area contributed by atoms with Gasteiger partial charge >= 0.3 is 0 Å². The Morgan fingerprint density at radius 1 is 1.30 bits per heavy atom. The Morgan fingerprint density at radius 2 is 2.04 bits per heavy atom. The van der Waals surface area contributed by atoms with Crippen molar-refractivity contribution in [3.05, 3.63) is 58.6 Å². The number of hydrogen-bond acceptors (Lipinski definition) is 5. The van der Waals surface area contributed by atoms with Gasteiger partial charge in [-0.15, -0.1) is 0 Å². The normalized spacial score (nSPS) is 11.7. The lowest BCUT2D eigenvalue weighted by Crippen LogP contribution is -2.36. The molecule has 0 saturated heterocycles. The fourth-order valence-electron chi connectivity index (χ4n) is 2.24. The summed E-state index contributed by atoms with van der Waals surface area (Å²) in [5.74, 6) is -0.203. The average molecular weight is 410 g/mol. The summed E-state index contributed by atoms with van der Waals surface area (Å²) in [6.45, 7) is 1.55. The molecular weight excluding hydrogens is 390 g/mol. The van der Waals surface area contributed by atoms with E-state index < -0.39 is 22.5 Å². The molecule has 0 aromatic heterocycles. The largest absolute Gasteiger partial charge is 0.495 e. The number of carbonyl (C=O) groups excluding carboxylic acids is 1. The number of halogens is 1. The Balaban J connectivity index is 2.01. The van der Waals surface area contributed by atoms with Crippen LogP contribution in [0.15, 0.2) is 52.5 Å². The fraction of sp³-hybridized carbons (Fsp3) is 0.222. The molecule has 1 N–H and O–H groups in total.